The maximum Gasteiger partial charge on any atom is 0.306 e. The second-order valence-electron chi connectivity index (χ2n) is 5.67. The molecule has 100 valence electrons. The van der Waals surface area contributed by atoms with E-state index in [1.165, 1.54) is 32.1 Å². The highest BCUT2D eigenvalue weighted by molar-refractivity contribution is 5.70. The molecule has 0 saturated heterocycles. The average molecular weight is 240 g/mol. The molecule has 1 N–H and O–H groups in total. The highest BCUT2D eigenvalue weighted by atomic mass is 16.4. The number of hydrogen-bond donors (Lipinski definition) is 1. The van der Waals surface area contributed by atoms with Crippen LogP contribution < -0.4 is 0 Å². The van der Waals surface area contributed by atoms with Gasteiger partial charge in [0.2, 0.25) is 0 Å². The zero-order valence-corrected chi connectivity index (χ0v) is 11.5. The van der Waals surface area contributed by atoms with Crippen molar-refractivity contribution in [2.45, 2.75) is 71.6 Å². The van der Waals surface area contributed by atoms with Crippen molar-refractivity contribution < 1.29 is 9.90 Å². The van der Waals surface area contributed by atoms with Gasteiger partial charge in [0, 0.05) is 0 Å². The molecular formula is C15H28O2. The molecule has 2 heteroatoms. The molecule has 1 rings (SSSR count). The van der Waals surface area contributed by atoms with Gasteiger partial charge in [0.1, 0.15) is 0 Å². The third-order valence-electron chi connectivity index (χ3n) is 4.28. The monoisotopic (exact) mass is 240 g/mol. The van der Waals surface area contributed by atoms with E-state index in [0.717, 1.165) is 31.6 Å². The van der Waals surface area contributed by atoms with Crippen LogP contribution in [-0.4, -0.2) is 11.1 Å². The Kier molecular flexibility index (Phi) is 6.61. The van der Waals surface area contributed by atoms with Crippen molar-refractivity contribution in [1.82, 2.24) is 0 Å². The van der Waals surface area contributed by atoms with Crippen molar-refractivity contribution in [2.75, 3.05) is 0 Å². The molecule has 0 radical (unpaired) electrons. The van der Waals surface area contributed by atoms with Crippen LogP contribution in [0.5, 0.6) is 0 Å². The molecule has 0 aromatic heterocycles. The summed E-state index contributed by atoms with van der Waals surface area (Å²) in [5.41, 5.74) is 0. The Bertz CT molecular complexity index is 225. The van der Waals surface area contributed by atoms with Crippen LogP contribution in [0.2, 0.25) is 0 Å². The summed E-state index contributed by atoms with van der Waals surface area (Å²) in [6.45, 7) is 4.44. The van der Waals surface area contributed by atoms with E-state index in [4.69, 9.17) is 0 Å². The van der Waals surface area contributed by atoms with Crippen LogP contribution in [0.1, 0.15) is 71.6 Å². The summed E-state index contributed by atoms with van der Waals surface area (Å²) in [7, 11) is 0. The van der Waals surface area contributed by atoms with Crippen LogP contribution in [0.25, 0.3) is 0 Å². The van der Waals surface area contributed by atoms with Gasteiger partial charge in [-0.15, -0.1) is 0 Å². The van der Waals surface area contributed by atoms with Crippen LogP contribution in [0.4, 0.5) is 0 Å². The molecular weight excluding hydrogens is 212 g/mol. The molecule has 1 fully saturated rings. The first kappa shape index (κ1) is 14.5. The van der Waals surface area contributed by atoms with E-state index in [0.29, 0.717) is 5.92 Å². The summed E-state index contributed by atoms with van der Waals surface area (Å²) in [5, 5.41) is 9.28. The summed E-state index contributed by atoms with van der Waals surface area (Å²) in [6.07, 6.45) is 10.6. The Hall–Kier alpha value is -0.530. The Morgan fingerprint density at radius 1 is 1.12 bits per heavy atom. The molecule has 0 heterocycles. The summed E-state index contributed by atoms with van der Waals surface area (Å²) < 4.78 is 0. The summed E-state index contributed by atoms with van der Waals surface area (Å²) in [5.74, 6) is 0.632. The van der Waals surface area contributed by atoms with E-state index in [9.17, 15) is 9.90 Å². The minimum absolute atomic E-state index is 0.0556. The Balaban J connectivity index is 2.47. The zero-order valence-electron chi connectivity index (χ0n) is 11.5. The lowest BCUT2D eigenvalue weighted by molar-refractivity contribution is -0.145. The highest BCUT2D eigenvalue weighted by Crippen LogP contribution is 2.38. The molecule has 17 heavy (non-hydrogen) atoms. The lowest BCUT2D eigenvalue weighted by atomic mass is 9.71. The highest BCUT2D eigenvalue weighted by Gasteiger charge is 2.33. The molecule has 1 saturated carbocycles. The number of aliphatic carboxylic acids is 1. The fourth-order valence-electron chi connectivity index (χ4n) is 3.33. The predicted molar refractivity (Wildman–Crippen MR) is 71.0 cm³/mol. The molecule has 2 nitrogen and oxygen atoms in total. The second-order valence-corrected chi connectivity index (χ2v) is 5.67. The number of unbranched alkanes of at least 4 members (excludes halogenated alkanes) is 2. The van der Waals surface area contributed by atoms with Crippen molar-refractivity contribution in [3.05, 3.63) is 0 Å². The van der Waals surface area contributed by atoms with Crippen molar-refractivity contribution in [2.24, 2.45) is 17.8 Å². The van der Waals surface area contributed by atoms with Crippen molar-refractivity contribution in [3.8, 4) is 0 Å². The molecule has 0 bridgehead atoms. The number of carboxylic acids is 1. The van der Waals surface area contributed by atoms with Gasteiger partial charge in [0.15, 0.2) is 0 Å². The molecule has 3 unspecified atom stereocenters. The quantitative estimate of drug-likeness (QED) is 0.666. The van der Waals surface area contributed by atoms with Gasteiger partial charge in [-0.2, -0.15) is 0 Å². The van der Waals surface area contributed by atoms with Gasteiger partial charge in [-0.05, 0) is 37.5 Å². The van der Waals surface area contributed by atoms with E-state index in [1.807, 2.05) is 0 Å². The normalized spacial score (nSPS) is 29.2. The molecule has 3 atom stereocenters. The first-order chi connectivity index (χ1) is 8.19. The van der Waals surface area contributed by atoms with Gasteiger partial charge in [-0.25, -0.2) is 0 Å². The van der Waals surface area contributed by atoms with Gasteiger partial charge in [-0.3, -0.25) is 4.79 Å². The molecule has 0 amide bonds. The molecule has 0 aliphatic heterocycles. The van der Waals surface area contributed by atoms with Crippen LogP contribution in [0.3, 0.4) is 0 Å². The molecule has 0 aromatic carbocycles. The smallest absolute Gasteiger partial charge is 0.306 e. The van der Waals surface area contributed by atoms with Gasteiger partial charge in [-0.1, -0.05) is 46.0 Å². The fourth-order valence-corrected chi connectivity index (χ4v) is 3.33. The van der Waals surface area contributed by atoms with Crippen LogP contribution in [0, 0.1) is 17.8 Å². The minimum atomic E-state index is -0.554. The SMILES string of the molecule is CCCCCC1CC(CCC)CCC1C(=O)O. The molecule has 1 aliphatic carbocycles. The Labute approximate surface area is 106 Å². The van der Waals surface area contributed by atoms with E-state index < -0.39 is 5.97 Å². The predicted octanol–water partition coefficient (Wildman–Crippen LogP) is 4.48. The second kappa shape index (κ2) is 7.73. The Morgan fingerprint density at radius 3 is 2.47 bits per heavy atom. The van der Waals surface area contributed by atoms with E-state index in [2.05, 4.69) is 13.8 Å². The van der Waals surface area contributed by atoms with Crippen LogP contribution in [-0.2, 0) is 4.79 Å². The van der Waals surface area contributed by atoms with E-state index in [1.54, 1.807) is 0 Å². The summed E-state index contributed by atoms with van der Waals surface area (Å²) in [6, 6.07) is 0. The standard InChI is InChI=1S/C15H28O2/c1-3-5-6-8-13-11-12(7-4-2)9-10-14(13)15(16)17/h12-14H,3-11H2,1-2H3,(H,16,17). The Morgan fingerprint density at radius 2 is 1.88 bits per heavy atom. The van der Waals surface area contributed by atoms with Gasteiger partial charge in [0.05, 0.1) is 5.92 Å². The van der Waals surface area contributed by atoms with Gasteiger partial charge >= 0.3 is 5.97 Å². The van der Waals surface area contributed by atoms with Crippen LogP contribution >= 0.6 is 0 Å². The van der Waals surface area contributed by atoms with E-state index >= 15 is 0 Å². The van der Waals surface area contributed by atoms with Crippen molar-refractivity contribution in [1.29, 1.82) is 0 Å². The molecule has 0 aromatic rings. The molecule has 1 aliphatic rings. The average Bonchev–Trinajstić information content (AvgIpc) is 2.30. The summed E-state index contributed by atoms with van der Waals surface area (Å²) >= 11 is 0. The minimum Gasteiger partial charge on any atom is -0.481 e. The van der Waals surface area contributed by atoms with E-state index in [-0.39, 0.29) is 5.92 Å². The van der Waals surface area contributed by atoms with Crippen molar-refractivity contribution in [3.63, 3.8) is 0 Å². The topological polar surface area (TPSA) is 37.3 Å². The maximum atomic E-state index is 11.3. The lowest BCUT2D eigenvalue weighted by Crippen LogP contribution is -2.30. The maximum absolute atomic E-state index is 11.3. The third-order valence-corrected chi connectivity index (χ3v) is 4.28. The first-order valence-electron chi connectivity index (χ1n) is 7.41. The number of carboxylic acid groups (broad SMARTS) is 1. The van der Waals surface area contributed by atoms with Gasteiger partial charge < -0.3 is 5.11 Å². The number of hydrogen-bond acceptors (Lipinski definition) is 1. The number of carbonyl (C=O) groups is 1. The van der Waals surface area contributed by atoms with Gasteiger partial charge in [0.25, 0.3) is 0 Å². The van der Waals surface area contributed by atoms with Crippen molar-refractivity contribution >= 4 is 5.97 Å². The first-order valence-corrected chi connectivity index (χ1v) is 7.41. The zero-order chi connectivity index (χ0) is 12.7. The van der Waals surface area contributed by atoms with Crippen LogP contribution in [0.15, 0.2) is 0 Å². The number of rotatable bonds is 7. The molecule has 0 spiro atoms. The largest absolute Gasteiger partial charge is 0.481 e. The third kappa shape index (κ3) is 4.69. The summed E-state index contributed by atoms with van der Waals surface area (Å²) in [4.78, 5) is 11.3. The fraction of sp³-hybridized carbons (Fsp3) is 0.933. The lowest BCUT2D eigenvalue weighted by Gasteiger charge is -2.34.